The molecule has 0 spiro atoms. The second-order valence-electron chi connectivity index (χ2n) is 9.21. The number of hydrogen-bond donors (Lipinski definition) is 1. The Morgan fingerprint density at radius 2 is 1.92 bits per heavy atom. The molecule has 3 rings (SSSR count). The molecule has 1 N–H and O–H groups in total. The van der Waals surface area contributed by atoms with Gasteiger partial charge in [-0.25, -0.2) is 0 Å². The number of hydrogen-bond acceptors (Lipinski definition) is 5. The summed E-state index contributed by atoms with van der Waals surface area (Å²) >= 11 is 0. The Morgan fingerprint density at radius 3 is 2.42 bits per heavy atom. The van der Waals surface area contributed by atoms with Gasteiger partial charge < -0.3 is 9.84 Å². The van der Waals surface area contributed by atoms with Crippen molar-refractivity contribution >= 4 is 5.91 Å². The molecule has 0 radical (unpaired) electrons. The Bertz CT molecular complexity index is 803. The molecule has 1 saturated carbocycles. The molecule has 0 aromatic carbocycles. The standard InChI is InChI=1S/C19H29N5O2/c1-11(16-21-17(23-26-16)18(2,3)4)20-15(25)13-10-14(12-8-9-12)24(22-13)19(5,6)7/h10-12H,8-9H2,1-7H3,(H,20,25). The highest BCUT2D eigenvalue weighted by Crippen LogP contribution is 2.41. The molecule has 2 aromatic rings. The smallest absolute Gasteiger partial charge is 0.272 e. The van der Waals surface area contributed by atoms with Gasteiger partial charge in [0.15, 0.2) is 5.82 Å². The van der Waals surface area contributed by atoms with E-state index in [1.54, 1.807) is 0 Å². The number of carbonyl (C=O) groups excluding carboxylic acids is 1. The predicted molar refractivity (Wildman–Crippen MR) is 98.1 cm³/mol. The van der Waals surface area contributed by atoms with Gasteiger partial charge in [-0.15, -0.1) is 0 Å². The maximum absolute atomic E-state index is 12.7. The summed E-state index contributed by atoms with van der Waals surface area (Å²) in [5.41, 5.74) is 1.22. The monoisotopic (exact) mass is 359 g/mol. The van der Waals surface area contributed by atoms with Crippen LogP contribution in [0.4, 0.5) is 0 Å². The Balaban J connectivity index is 1.76. The molecule has 1 aliphatic carbocycles. The van der Waals surface area contributed by atoms with Gasteiger partial charge in [-0.2, -0.15) is 10.1 Å². The van der Waals surface area contributed by atoms with Crippen molar-refractivity contribution in [1.29, 1.82) is 0 Å². The lowest BCUT2D eigenvalue weighted by Gasteiger charge is -2.22. The molecule has 1 aliphatic rings. The van der Waals surface area contributed by atoms with Crippen LogP contribution >= 0.6 is 0 Å². The molecule has 0 bridgehead atoms. The molecule has 26 heavy (non-hydrogen) atoms. The quantitative estimate of drug-likeness (QED) is 0.900. The number of nitrogens with zero attached hydrogens (tertiary/aromatic N) is 4. The third-order valence-electron chi connectivity index (χ3n) is 4.43. The zero-order chi connectivity index (χ0) is 19.3. The van der Waals surface area contributed by atoms with Crippen LogP contribution in [0.3, 0.4) is 0 Å². The van der Waals surface area contributed by atoms with E-state index in [2.05, 4.69) is 41.3 Å². The molecule has 1 unspecified atom stereocenters. The molecular formula is C19H29N5O2. The van der Waals surface area contributed by atoms with Crippen LogP contribution in [0.1, 0.15) is 101 Å². The first-order valence-corrected chi connectivity index (χ1v) is 9.22. The number of amides is 1. The number of rotatable bonds is 4. The van der Waals surface area contributed by atoms with E-state index in [4.69, 9.17) is 4.52 Å². The fourth-order valence-electron chi connectivity index (χ4n) is 2.76. The van der Waals surface area contributed by atoms with Crippen LogP contribution in [0.2, 0.25) is 0 Å². The minimum atomic E-state index is -0.379. The molecule has 1 fully saturated rings. The lowest BCUT2D eigenvalue weighted by atomic mass is 9.96. The maximum atomic E-state index is 12.7. The van der Waals surface area contributed by atoms with Crippen LogP contribution in [0, 0.1) is 0 Å². The first-order chi connectivity index (χ1) is 12.0. The van der Waals surface area contributed by atoms with Gasteiger partial charge in [0, 0.05) is 17.0 Å². The molecule has 1 amide bonds. The van der Waals surface area contributed by atoms with Crippen LogP contribution in [0.5, 0.6) is 0 Å². The van der Waals surface area contributed by atoms with Crippen molar-refractivity contribution in [1.82, 2.24) is 25.2 Å². The first-order valence-electron chi connectivity index (χ1n) is 9.22. The molecule has 2 heterocycles. The second kappa shape index (κ2) is 6.21. The summed E-state index contributed by atoms with van der Waals surface area (Å²) in [4.78, 5) is 17.1. The zero-order valence-corrected chi connectivity index (χ0v) is 16.8. The maximum Gasteiger partial charge on any atom is 0.272 e. The Hall–Kier alpha value is -2.18. The van der Waals surface area contributed by atoms with E-state index in [1.807, 2.05) is 38.4 Å². The van der Waals surface area contributed by atoms with Crippen molar-refractivity contribution in [2.45, 2.75) is 84.2 Å². The largest absolute Gasteiger partial charge is 0.339 e. The van der Waals surface area contributed by atoms with Gasteiger partial charge in [0.2, 0.25) is 5.89 Å². The van der Waals surface area contributed by atoms with Crippen LogP contribution in [0.25, 0.3) is 0 Å². The summed E-state index contributed by atoms with van der Waals surface area (Å²) in [5.74, 6) is 1.33. The second-order valence-corrected chi connectivity index (χ2v) is 9.21. The highest BCUT2D eigenvalue weighted by Gasteiger charge is 2.33. The molecule has 0 saturated heterocycles. The van der Waals surface area contributed by atoms with Gasteiger partial charge >= 0.3 is 0 Å². The average molecular weight is 359 g/mol. The lowest BCUT2D eigenvalue weighted by molar-refractivity contribution is 0.0926. The molecule has 7 heteroatoms. The summed E-state index contributed by atoms with van der Waals surface area (Å²) in [6.07, 6.45) is 2.33. The molecule has 0 aliphatic heterocycles. The normalized spacial score (nSPS) is 16.6. The van der Waals surface area contributed by atoms with Crippen molar-refractivity contribution < 1.29 is 9.32 Å². The third-order valence-corrected chi connectivity index (χ3v) is 4.43. The third kappa shape index (κ3) is 3.81. The highest BCUT2D eigenvalue weighted by atomic mass is 16.5. The van der Waals surface area contributed by atoms with Crippen molar-refractivity contribution in [3.8, 4) is 0 Å². The van der Waals surface area contributed by atoms with Crippen LogP contribution in [-0.4, -0.2) is 25.8 Å². The summed E-state index contributed by atoms with van der Waals surface area (Å²) in [5, 5.41) is 11.5. The summed E-state index contributed by atoms with van der Waals surface area (Å²) in [6, 6.07) is 1.54. The lowest BCUT2D eigenvalue weighted by Crippen LogP contribution is -2.29. The van der Waals surface area contributed by atoms with Gasteiger partial charge in [0.05, 0.1) is 5.54 Å². The number of nitrogens with one attached hydrogen (secondary N) is 1. The first kappa shape index (κ1) is 18.6. The van der Waals surface area contributed by atoms with Gasteiger partial charge in [0.1, 0.15) is 11.7 Å². The number of aromatic nitrogens is 4. The van der Waals surface area contributed by atoms with E-state index in [0.717, 1.165) is 18.5 Å². The van der Waals surface area contributed by atoms with E-state index >= 15 is 0 Å². The van der Waals surface area contributed by atoms with Gasteiger partial charge in [-0.05, 0) is 46.6 Å². The van der Waals surface area contributed by atoms with E-state index in [9.17, 15) is 4.79 Å². The minimum Gasteiger partial charge on any atom is -0.339 e. The Kier molecular flexibility index (Phi) is 4.45. The van der Waals surface area contributed by atoms with E-state index < -0.39 is 0 Å². The summed E-state index contributed by atoms with van der Waals surface area (Å²) in [7, 11) is 0. The van der Waals surface area contributed by atoms with Crippen LogP contribution < -0.4 is 5.32 Å². The van der Waals surface area contributed by atoms with Crippen molar-refractivity contribution in [3.63, 3.8) is 0 Å². The van der Waals surface area contributed by atoms with Gasteiger partial charge in [0.25, 0.3) is 5.91 Å². The average Bonchev–Trinajstić information content (AvgIpc) is 3.05. The van der Waals surface area contributed by atoms with Crippen molar-refractivity contribution in [3.05, 3.63) is 29.2 Å². The van der Waals surface area contributed by atoms with E-state index in [0.29, 0.717) is 23.3 Å². The van der Waals surface area contributed by atoms with E-state index in [-0.39, 0.29) is 22.9 Å². The minimum absolute atomic E-state index is 0.157. The van der Waals surface area contributed by atoms with Gasteiger partial charge in [-0.1, -0.05) is 25.9 Å². The summed E-state index contributed by atoms with van der Waals surface area (Å²) in [6.45, 7) is 14.2. The fraction of sp³-hybridized carbons (Fsp3) is 0.684. The molecule has 142 valence electrons. The van der Waals surface area contributed by atoms with Gasteiger partial charge in [-0.3, -0.25) is 9.48 Å². The highest BCUT2D eigenvalue weighted by molar-refractivity contribution is 5.92. The molecule has 1 atom stereocenters. The summed E-state index contributed by atoms with van der Waals surface area (Å²) < 4.78 is 7.30. The van der Waals surface area contributed by atoms with Crippen LogP contribution in [-0.2, 0) is 11.0 Å². The molecule has 7 nitrogen and oxygen atoms in total. The van der Waals surface area contributed by atoms with Crippen LogP contribution in [0.15, 0.2) is 10.6 Å². The molecule has 2 aromatic heterocycles. The Labute approximate surface area is 154 Å². The predicted octanol–water partition coefficient (Wildman–Crippen LogP) is 3.69. The molecular weight excluding hydrogens is 330 g/mol. The van der Waals surface area contributed by atoms with E-state index in [1.165, 1.54) is 0 Å². The number of carbonyl (C=O) groups is 1. The van der Waals surface area contributed by atoms with Crippen molar-refractivity contribution in [2.75, 3.05) is 0 Å². The Morgan fingerprint density at radius 1 is 1.27 bits per heavy atom. The topological polar surface area (TPSA) is 85.8 Å². The fourth-order valence-corrected chi connectivity index (χ4v) is 2.76. The zero-order valence-electron chi connectivity index (χ0n) is 16.8. The SMILES string of the molecule is CC(NC(=O)c1cc(C2CC2)n(C(C)(C)C)n1)c1nc(C(C)(C)C)no1. The van der Waals surface area contributed by atoms with Crippen molar-refractivity contribution in [2.24, 2.45) is 0 Å².